The second-order valence-corrected chi connectivity index (χ2v) is 8.76. The van der Waals surface area contributed by atoms with Crippen LogP contribution < -0.4 is 5.32 Å². The Balaban J connectivity index is 1.95. The minimum absolute atomic E-state index is 0.0229. The van der Waals surface area contributed by atoms with E-state index in [9.17, 15) is 18.0 Å². The Labute approximate surface area is 128 Å². The van der Waals surface area contributed by atoms with Crippen molar-refractivity contribution in [3.05, 3.63) is 0 Å². The Morgan fingerprint density at radius 1 is 1.33 bits per heavy atom. The van der Waals surface area contributed by atoms with Crippen LogP contribution in [0.3, 0.4) is 0 Å². The number of carboxylic acid groups (broad SMARTS) is 1. The molecule has 7 nitrogen and oxygen atoms in total. The predicted molar refractivity (Wildman–Crippen MR) is 80.1 cm³/mol. The van der Waals surface area contributed by atoms with Gasteiger partial charge in [-0.2, -0.15) is 11.8 Å². The second kappa shape index (κ2) is 6.97. The number of thioether (sulfide) groups is 1. The number of nitrogens with zero attached hydrogens (tertiary/aromatic N) is 1. The molecule has 0 bridgehead atoms. The summed E-state index contributed by atoms with van der Waals surface area (Å²) in [5.41, 5.74) is 0. The maximum atomic E-state index is 12.4. The molecule has 0 spiro atoms. The quantitative estimate of drug-likeness (QED) is 0.691. The number of hydrogen-bond acceptors (Lipinski definition) is 6. The molecule has 2 saturated heterocycles. The highest BCUT2D eigenvalue weighted by Gasteiger charge is 2.32. The highest BCUT2D eigenvalue weighted by Crippen LogP contribution is 2.20. The molecule has 21 heavy (non-hydrogen) atoms. The number of aliphatic carboxylic acids is 1. The molecule has 2 rings (SSSR count). The van der Waals surface area contributed by atoms with Crippen molar-refractivity contribution in [2.45, 2.75) is 24.9 Å². The van der Waals surface area contributed by atoms with Crippen molar-refractivity contribution in [3.63, 3.8) is 0 Å². The fourth-order valence-corrected chi connectivity index (χ4v) is 5.19. The van der Waals surface area contributed by atoms with Gasteiger partial charge in [0.2, 0.25) is 5.91 Å². The van der Waals surface area contributed by atoms with Gasteiger partial charge in [-0.1, -0.05) is 0 Å². The average molecular weight is 336 g/mol. The third kappa shape index (κ3) is 4.86. The van der Waals surface area contributed by atoms with Crippen LogP contribution in [-0.2, 0) is 19.4 Å². The molecule has 0 aliphatic carbocycles. The van der Waals surface area contributed by atoms with Crippen LogP contribution in [0.15, 0.2) is 0 Å². The van der Waals surface area contributed by atoms with Gasteiger partial charge >= 0.3 is 5.97 Å². The van der Waals surface area contributed by atoms with Gasteiger partial charge in [0.05, 0.1) is 24.0 Å². The smallest absolute Gasteiger partial charge is 0.305 e. The zero-order valence-corrected chi connectivity index (χ0v) is 13.3. The van der Waals surface area contributed by atoms with E-state index in [1.54, 1.807) is 16.7 Å². The van der Waals surface area contributed by atoms with Crippen LogP contribution in [0.25, 0.3) is 0 Å². The molecule has 0 radical (unpaired) electrons. The van der Waals surface area contributed by atoms with E-state index in [0.717, 1.165) is 5.75 Å². The summed E-state index contributed by atoms with van der Waals surface area (Å²) in [5, 5.41) is 12.0. The van der Waals surface area contributed by atoms with Gasteiger partial charge in [0.25, 0.3) is 0 Å². The van der Waals surface area contributed by atoms with E-state index in [4.69, 9.17) is 5.11 Å². The highest BCUT2D eigenvalue weighted by molar-refractivity contribution is 7.99. The van der Waals surface area contributed by atoms with Crippen molar-refractivity contribution >= 4 is 33.5 Å². The van der Waals surface area contributed by atoms with Crippen LogP contribution >= 0.6 is 11.8 Å². The molecule has 2 fully saturated rings. The van der Waals surface area contributed by atoms with E-state index < -0.39 is 15.8 Å². The number of sulfone groups is 1. The normalized spacial score (nSPS) is 29.0. The van der Waals surface area contributed by atoms with Gasteiger partial charge in [-0.25, -0.2) is 8.42 Å². The SMILES string of the molecule is O=C(O)CC1CSCCN1C(=O)CC1CS(=O)(=O)CCN1. The number of carbonyl (C=O) groups excluding carboxylic acids is 1. The lowest BCUT2D eigenvalue weighted by molar-refractivity contribution is -0.140. The number of rotatable bonds is 4. The molecular formula is C12H20N2O5S2. The fourth-order valence-electron chi connectivity index (χ4n) is 2.68. The van der Waals surface area contributed by atoms with Crippen LogP contribution in [0.2, 0.25) is 0 Å². The molecule has 1 amide bonds. The van der Waals surface area contributed by atoms with E-state index in [1.807, 2.05) is 0 Å². The molecule has 0 aromatic rings. The number of nitrogens with one attached hydrogen (secondary N) is 1. The van der Waals surface area contributed by atoms with E-state index >= 15 is 0 Å². The Hall–Kier alpha value is -0.800. The van der Waals surface area contributed by atoms with Crippen LogP contribution in [-0.4, -0.2) is 78.5 Å². The number of carbonyl (C=O) groups is 2. The second-order valence-electron chi connectivity index (χ2n) is 5.38. The molecule has 2 heterocycles. The van der Waals surface area contributed by atoms with Crippen LogP contribution in [0.4, 0.5) is 0 Å². The highest BCUT2D eigenvalue weighted by atomic mass is 32.2. The minimum Gasteiger partial charge on any atom is -0.481 e. The summed E-state index contributed by atoms with van der Waals surface area (Å²) >= 11 is 1.64. The largest absolute Gasteiger partial charge is 0.481 e. The Bertz CT molecular complexity index is 508. The fraction of sp³-hybridized carbons (Fsp3) is 0.833. The first kappa shape index (κ1) is 16.6. The summed E-state index contributed by atoms with van der Waals surface area (Å²) in [4.78, 5) is 24.8. The molecule has 2 N–H and O–H groups in total. The van der Waals surface area contributed by atoms with Gasteiger partial charge in [0.15, 0.2) is 9.84 Å². The Morgan fingerprint density at radius 3 is 2.76 bits per heavy atom. The third-order valence-electron chi connectivity index (χ3n) is 3.68. The van der Waals surface area contributed by atoms with Crippen molar-refractivity contribution in [1.29, 1.82) is 0 Å². The standard InChI is InChI=1S/C12H20N2O5S2/c15-11(5-9-8-21(18,19)4-1-13-9)14-2-3-20-7-10(14)6-12(16)17/h9-10,13H,1-8H2,(H,16,17). The van der Waals surface area contributed by atoms with Crippen molar-refractivity contribution in [1.82, 2.24) is 10.2 Å². The third-order valence-corrected chi connectivity index (χ3v) is 6.51. The number of carboxylic acids is 1. The van der Waals surface area contributed by atoms with E-state index in [2.05, 4.69) is 5.32 Å². The first-order chi connectivity index (χ1) is 9.87. The lowest BCUT2D eigenvalue weighted by Crippen LogP contribution is -2.51. The molecule has 0 aromatic heterocycles. The summed E-state index contributed by atoms with van der Waals surface area (Å²) in [6.07, 6.45) is 0.0507. The molecule has 2 aliphatic rings. The number of amides is 1. The van der Waals surface area contributed by atoms with Crippen molar-refractivity contribution in [2.75, 3.05) is 36.1 Å². The summed E-state index contributed by atoms with van der Waals surface area (Å²) in [5.74, 6) is 0.423. The van der Waals surface area contributed by atoms with E-state index in [1.165, 1.54) is 0 Å². The van der Waals surface area contributed by atoms with Crippen molar-refractivity contribution in [2.24, 2.45) is 0 Å². The monoisotopic (exact) mass is 336 g/mol. The van der Waals surface area contributed by atoms with Crippen LogP contribution in [0.5, 0.6) is 0 Å². The van der Waals surface area contributed by atoms with E-state index in [-0.39, 0.29) is 42.3 Å². The molecule has 2 atom stereocenters. The maximum Gasteiger partial charge on any atom is 0.305 e. The average Bonchev–Trinajstić information content (AvgIpc) is 2.37. The van der Waals surface area contributed by atoms with Crippen LogP contribution in [0.1, 0.15) is 12.8 Å². The minimum atomic E-state index is -3.07. The van der Waals surface area contributed by atoms with Gasteiger partial charge in [-0.3, -0.25) is 9.59 Å². The van der Waals surface area contributed by atoms with Crippen molar-refractivity contribution < 1.29 is 23.1 Å². The molecular weight excluding hydrogens is 316 g/mol. The van der Waals surface area contributed by atoms with Gasteiger partial charge in [-0.15, -0.1) is 0 Å². The Kier molecular flexibility index (Phi) is 5.50. The molecule has 0 saturated carbocycles. The van der Waals surface area contributed by atoms with Gasteiger partial charge < -0.3 is 15.3 Å². The lowest BCUT2D eigenvalue weighted by atomic mass is 10.1. The zero-order chi connectivity index (χ0) is 15.5. The first-order valence-corrected chi connectivity index (χ1v) is 9.88. The summed E-state index contributed by atoms with van der Waals surface area (Å²) in [6.45, 7) is 0.898. The zero-order valence-electron chi connectivity index (χ0n) is 11.7. The van der Waals surface area contributed by atoms with Gasteiger partial charge in [0.1, 0.15) is 0 Å². The van der Waals surface area contributed by atoms with Gasteiger partial charge in [-0.05, 0) is 0 Å². The molecule has 120 valence electrons. The summed E-state index contributed by atoms with van der Waals surface area (Å²) < 4.78 is 23.2. The van der Waals surface area contributed by atoms with Crippen LogP contribution in [0, 0.1) is 0 Å². The molecule has 9 heteroatoms. The number of hydrogen-bond donors (Lipinski definition) is 2. The predicted octanol–water partition coefficient (Wildman–Crippen LogP) is -0.818. The first-order valence-electron chi connectivity index (χ1n) is 6.90. The molecule has 2 aliphatic heterocycles. The molecule has 0 aromatic carbocycles. The molecule has 2 unspecified atom stereocenters. The maximum absolute atomic E-state index is 12.4. The Morgan fingerprint density at radius 2 is 2.10 bits per heavy atom. The summed E-state index contributed by atoms with van der Waals surface area (Å²) in [7, 11) is -3.07. The van der Waals surface area contributed by atoms with E-state index in [0.29, 0.717) is 18.8 Å². The lowest BCUT2D eigenvalue weighted by Gasteiger charge is -2.36. The van der Waals surface area contributed by atoms with Gasteiger partial charge in [0, 0.05) is 37.1 Å². The van der Waals surface area contributed by atoms with Crippen molar-refractivity contribution in [3.8, 4) is 0 Å². The summed E-state index contributed by atoms with van der Waals surface area (Å²) in [6, 6.07) is -0.662. The topological polar surface area (TPSA) is 104 Å².